The second kappa shape index (κ2) is 9.14. The maximum Gasteiger partial charge on any atom is 0.266 e. The van der Waals surface area contributed by atoms with Crippen LogP contribution < -0.4 is 5.32 Å². The summed E-state index contributed by atoms with van der Waals surface area (Å²) in [5.41, 5.74) is 0.690. The summed E-state index contributed by atoms with van der Waals surface area (Å²) in [4.78, 5) is 13.6. The zero-order valence-corrected chi connectivity index (χ0v) is 12.3. The van der Waals surface area contributed by atoms with Crippen molar-refractivity contribution in [2.45, 2.75) is 6.54 Å². The Morgan fingerprint density at radius 2 is 2.05 bits per heavy atom. The van der Waals surface area contributed by atoms with Crippen LogP contribution in [0.1, 0.15) is 5.56 Å². The van der Waals surface area contributed by atoms with Crippen molar-refractivity contribution in [1.82, 2.24) is 10.2 Å². The van der Waals surface area contributed by atoms with Crippen molar-refractivity contribution in [3.63, 3.8) is 0 Å². The molecule has 0 bridgehead atoms. The van der Waals surface area contributed by atoms with Crippen molar-refractivity contribution in [2.75, 3.05) is 13.1 Å². The van der Waals surface area contributed by atoms with E-state index < -0.39 is 5.91 Å². The first-order chi connectivity index (χ1) is 10.6. The van der Waals surface area contributed by atoms with Gasteiger partial charge in [0.15, 0.2) is 0 Å². The molecule has 0 unspecified atom stereocenters. The van der Waals surface area contributed by atoms with E-state index in [1.165, 1.54) is 23.2 Å². The second-order valence-electron chi connectivity index (χ2n) is 4.47. The Morgan fingerprint density at radius 1 is 1.36 bits per heavy atom. The summed E-state index contributed by atoms with van der Waals surface area (Å²) in [5, 5.41) is 12.0. The van der Waals surface area contributed by atoms with E-state index in [0.29, 0.717) is 19.6 Å². The summed E-state index contributed by atoms with van der Waals surface area (Å²) < 4.78 is 13.0. The topological polar surface area (TPSA) is 56.1 Å². The van der Waals surface area contributed by atoms with Crippen LogP contribution in [0.25, 0.3) is 0 Å². The highest BCUT2D eigenvalue weighted by atomic mass is 19.1. The molecule has 1 aromatic carbocycles. The van der Waals surface area contributed by atoms with Gasteiger partial charge in [-0.25, -0.2) is 4.39 Å². The molecule has 114 valence electrons. The highest BCUT2D eigenvalue weighted by Gasteiger charge is 2.15. The van der Waals surface area contributed by atoms with E-state index in [9.17, 15) is 9.18 Å². The average Bonchev–Trinajstić information content (AvgIpc) is 2.51. The van der Waals surface area contributed by atoms with Gasteiger partial charge < -0.3 is 10.2 Å². The molecule has 5 heteroatoms. The number of rotatable bonds is 8. The number of halogens is 1. The lowest BCUT2D eigenvalue weighted by Gasteiger charge is -2.18. The third kappa shape index (κ3) is 5.25. The van der Waals surface area contributed by atoms with Gasteiger partial charge in [-0.1, -0.05) is 24.3 Å². The van der Waals surface area contributed by atoms with Gasteiger partial charge in [0.1, 0.15) is 17.5 Å². The van der Waals surface area contributed by atoms with Crippen molar-refractivity contribution < 1.29 is 9.18 Å². The summed E-state index contributed by atoms with van der Waals surface area (Å²) in [6.07, 6.45) is 4.50. The number of nitrogens with one attached hydrogen (secondary N) is 1. The third-order valence-corrected chi connectivity index (χ3v) is 2.78. The molecule has 22 heavy (non-hydrogen) atoms. The van der Waals surface area contributed by atoms with E-state index in [2.05, 4.69) is 18.5 Å². The Hall–Kier alpha value is -2.87. The van der Waals surface area contributed by atoms with Crippen LogP contribution in [-0.4, -0.2) is 23.9 Å². The maximum absolute atomic E-state index is 13.0. The van der Waals surface area contributed by atoms with E-state index in [-0.39, 0.29) is 11.4 Å². The first-order valence-corrected chi connectivity index (χ1v) is 6.71. The molecule has 0 fully saturated rings. The first kappa shape index (κ1) is 17.2. The monoisotopic (exact) mass is 299 g/mol. The summed E-state index contributed by atoms with van der Waals surface area (Å²) >= 11 is 0. The molecule has 0 radical (unpaired) electrons. The van der Waals surface area contributed by atoms with Gasteiger partial charge in [-0.05, 0) is 17.7 Å². The molecule has 0 aliphatic carbocycles. The number of benzene rings is 1. The zero-order chi connectivity index (χ0) is 16.4. The van der Waals surface area contributed by atoms with Gasteiger partial charge in [0.2, 0.25) is 0 Å². The van der Waals surface area contributed by atoms with E-state index in [1.54, 1.807) is 24.3 Å². The molecule has 0 aliphatic rings. The van der Waals surface area contributed by atoms with E-state index in [1.807, 2.05) is 6.07 Å². The van der Waals surface area contributed by atoms with Gasteiger partial charge >= 0.3 is 0 Å². The standard InChI is InChI=1S/C17H18FN3O/c1-3-8-21(9-4-2)17(22)15(11-19)13-20-12-14-6-5-7-16(18)10-14/h3-7,10,13,20H,1-2,8-9,12H2/b15-13-. The number of nitriles is 1. The van der Waals surface area contributed by atoms with Gasteiger partial charge in [-0.2, -0.15) is 5.26 Å². The fourth-order valence-corrected chi connectivity index (χ4v) is 1.78. The van der Waals surface area contributed by atoms with Crippen LogP contribution in [0.3, 0.4) is 0 Å². The number of nitrogens with zero attached hydrogens (tertiary/aromatic N) is 2. The molecule has 4 nitrogen and oxygen atoms in total. The zero-order valence-electron chi connectivity index (χ0n) is 12.3. The minimum Gasteiger partial charge on any atom is -0.386 e. The smallest absolute Gasteiger partial charge is 0.266 e. The molecule has 1 rings (SSSR count). The first-order valence-electron chi connectivity index (χ1n) is 6.71. The molecule has 0 spiro atoms. The van der Waals surface area contributed by atoms with E-state index in [0.717, 1.165) is 5.56 Å². The van der Waals surface area contributed by atoms with Crippen LogP contribution in [-0.2, 0) is 11.3 Å². The van der Waals surface area contributed by atoms with Gasteiger partial charge in [0, 0.05) is 25.8 Å². The van der Waals surface area contributed by atoms with Crippen molar-refractivity contribution in [3.8, 4) is 6.07 Å². The summed E-state index contributed by atoms with van der Waals surface area (Å²) in [7, 11) is 0. The van der Waals surface area contributed by atoms with Gasteiger partial charge in [0.25, 0.3) is 5.91 Å². The molecular formula is C17H18FN3O. The van der Waals surface area contributed by atoms with Gasteiger partial charge in [-0.15, -0.1) is 13.2 Å². The average molecular weight is 299 g/mol. The number of hydrogen-bond acceptors (Lipinski definition) is 3. The van der Waals surface area contributed by atoms with Gasteiger partial charge in [-0.3, -0.25) is 4.79 Å². The third-order valence-electron chi connectivity index (χ3n) is 2.78. The highest BCUT2D eigenvalue weighted by molar-refractivity contribution is 5.97. The molecule has 0 saturated carbocycles. The predicted molar refractivity (Wildman–Crippen MR) is 83.9 cm³/mol. The summed E-state index contributed by atoms with van der Waals surface area (Å²) in [6.45, 7) is 8.13. The molecule has 1 aromatic rings. The molecule has 0 aromatic heterocycles. The lowest BCUT2D eigenvalue weighted by molar-refractivity contribution is -0.125. The molecular weight excluding hydrogens is 281 g/mol. The SMILES string of the molecule is C=CCN(CC=C)C(=O)/C(C#N)=C\NCc1cccc(F)c1. The predicted octanol–water partition coefficient (Wildman–Crippen LogP) is 2.52. The van der Waals surface area contributed by atoms with Crippen molar-refractivity contribution in [3.05, 3.63) is 72.7 Å². The Morgan fingerprint density at radius 3 is 2.59 bits per heavy atom. The molecule has 0 heterocycles. The lowest BCUT2D eigenvalue weighted by atomic mass is 10.2. The number of carbonyl (C=O) groups is 1. The van der Waals surface area contributed by atoms with Crippen LogP contribution in [0.2, 0.25) is 0 Å². The molecule has 1 amide bonds. The van der Waals surface area contributed by atoms with Crippen molar-refractivity contribution in [1.29, 1.82) is 5.26 Å². The number of hydrogen-bond donors (Lipinski definition) is 1. The molecule has 0 saturated heterocycles. The summed E-state index contributed by atoms with van der Waals surface area (Å²) in [5.74, 6) is -0.739. The van der Waals surface area contributed by atoms with E-state index in [4.69, 9.17) is 5.26 Å². The Kier molecular flexibility index (Phi) is 7.14. The largest absolute Gasteiger partial charge is 0.386 e. The normalized spacial score (nSPS) is 10.5. The van der Waals surface area contributed by atoms with Crippen LogP contribution in [0.5, 0.6) is 0 Å². The van der Waals surface area contributed by atoms with Crippen LogP contribution >= 0.6 is 0 Å². The van der Waals surface area contributed by atoms with Crippen molar-refractivity contribution in [2.24, 2.45) is 0 Å². The lowest BCUT2D eigenvalue weighted by Crippen LogP contribution is -2.32. The van der Waals surface area contributed by atoms with Crippen LogP contribution in [0.15, 0.2) is 61.3 Å². The fraction of sp³-hybridized carbons (Fsp3) is 0.176. The van der Waals surface area contributed by atoms with Crippen LogP contribution in [0.4, 0.5) is 4.39 Å². The Bertz CT molecular complexity index is 607. The Labute approximate surface area is 129 Å². The van der Waals surface area contributed by atoms with Gasteiger partial charge in [0.05, 0.1) is 0 Å². The molecule has 0 aliphatic heterocycles. The van der Waals surface area contributed by atoms with E-state index >= 15 is 0 Å². The quantitative estimate of drug-likeness (QED) is 0.456. The second-order valence-corrected chi connectivity index (χ2v) is 4.47. The number of amides is 1. The van der Waals surface area contributed by atoms with Crippen molar-refractivity contribution >= 4 is 5.91 Å². The highest BCUT2D eigenvalue weighted by Crippen LogP contribution is 2.04. The maximum atomic E-state index is 13.0. The number of carbonyl (C=O) groups excluding carboxylic acids is 1. The molecule has 0 atom stereocenters. The van der Waals surface area contributed by atoms with Crippen LogP contribution in [0, 0.1) is 17.1 Å². The fourth-order valence-electron chi connectivity index (χ4n) is 1.78. The summed E-state index contributed by atoms with van der Waals surface area (Å²) in [6, 6.07) is 7.95. The minimum atomic E-state index is -0.408. The minimum absolute atomic E-state index is 0.0277. The Balaban J connectivity index is 2.73. The molecule has 1 N–H and O–H groups in total.